The summed E-state index contributed by atoms with van der Waals surface area (Å²) in [6.07, 6.45) is 3.91. The van der Waals surface area contributed by atoms with Crippen LogP contribution in [0.2, 0.25) is 0 Å². The number of thiazole rings is 1. The van der Waals surface area contributed by atoms with Crippen LogP contribution in [-0.2, 0) is 16.1 Å². The second-order valence-electron chi connectivity index (χ2n) is 6.10. The van der Waals surface area contributed by atoms with Crippen LogP contribution in [0.15, 0.2) is 47.7 Å². The van der Waals surface area contributed by atoms with Gasteiger partial charge in [0.2, 0.25) is 0 Å². The first-order chi connectivity index (χ1) is 13.6. The lowest BCUT2D eigenvalue weighted by Crippen LogP contribution is -2.30. The number of hydrogen-bond donors (Lipinski definition) is 1. The monoisotopic (exact) mass is 396 g/mol. The van der Waals surface area contributed by atoms with Gasteiger partial charge in [0.25, 0.3) is 5.91 Å². The van der Waals surface area contributed by atoms with E-state index in [2.05, 4.69) is 25.5 Å². The molecule has 0 radical (unpaired) electrons. The fourth-order valence-electron chi connectivity index (χ4n) is 2.74. The number of Topliss-reactive ketones (excluding diaryl/α,β-unsaturated/α-hetero) is 1. The summed E-state index contributed by atoms with van der Waals surface area (Å²) in [6, 6.07) is 8.74. The Labute approximate surface area is 164 Å². The molecule has 1 aromatic carbocycles. The van der Waals surface area contributed by atoms with E-state index in [0.717, 1.165) is 10.4 Å². The summed E-state index contributed by atoms with van der Waals surface area (Å²) in [6.45, 7) is 1.83. The zero-order valence-corrected chi connectivity index (χ0v) is 15.7. The number of ether oxygens (including phenoxy) is 1. The Morgan fingerprint density at radius 1 is 1.25 bits per heavy atom. The van der Waals surface area contributed by atoms with Gasteiger partial charge in [-0.15, -0.1) is 16.4 Å². The van der Waals surface area contributed by atoms with Gasteiger partial charge < -0.3 is 10.1 Å². The highest BCUT2D eigenvalue weighted by Gasteiger charge is 2.34. The highest BCUT2D eigenvalue weighted by atomic mass is 32.1. The third-order valence-corrected chi connectivity index (χ3v) is 5.14. The van der Waals surface area contributed by atoms with Gasteiger partial charge in [0.05, 0.1) is 12.7 Å². The Hall–Kier alpha value is -3.40. The molecule has 2 atom stereocenters. The summed E-state index contributed by atoms with van der Waals surface area (Å²) in [5.41, 5.74) is 0.871. The van der Waals surface area contributed by atoms with Gasteiger partial charge >= 0.3 is 0 Å². The molecule has 142 valence electrons. The molecule has 1 amide bonds. The molecule has 1 aliphatic heterocycles. The van der Waals surface area contributed by atoms with Crippen LogP contribution < -0.4 is 5.32 Å². The van der Waals surface area contributed by atoms with E-state index in [1.807, 2.05) is 30.3 Å². The lowest BCUT2D eigenvalue weighted by atomic mass is 10.0. The number of carbonyl (C=O) groups is 2. The van der Waals surface area contributed by atoms with Crippen molar-refractivity contribution < 1.29 is 14.3 Å². The Kier molecular flexibility index (Phi) is 4.94. The van der Waals surface area contributed by atoms with Crippen molar-refractivity contribution in [1.82, 2.24) is 20.0 Å². The quantitative estimate of drug-likeness (QED) is 0.639. The molecule has 2 unspecified atom stereocenters. The number of aliphatic imine (C=N–C) groups is 1. The van der Waals surface area contributed by atoms with Gasteiger partial charge in [-0.1, -0.05) is 30.3 Å². The number of aromatic nitrogens is 4. The Bertz CT molecular complexity index is 1030. The number of hydrogen-bond acceptors (Lipinski definition) is 8. The molecule has 0 aliphatic carbocycles. The lowest BCUT2D eigenvalue weighted by Gasteiger charge is -2.16. The van der Waals surface area contributed by atoms with Crippen molar-refractivity contribution in [2.24, 2.45) is 4.99 Å². The van der Waals surface area contributed by atoms with Crippen LogP contribution in [0, 0.1) is 0 Å². The summed E-state index contributed by atoms with van der Waals surface area (Å²) in [7, 11) is 0. The van der Waals surface area contributed by atoms with Crippen molar-refractivity contribution >= 4 is 35.2 Å². The fourth-order valence-corrected chi connectivity index (χ4v) is 3.52. The molecule has 4 rings (SSSR count). The average molecular weight is 396 g/mol. The standard InChI is InChI=1S/C18H16N6O3S/c1-11(25)18-19-7-13(28-18)9-24-21-8-14(23-24)22-17(26)15-16(27-10-20-15)12-5-3-2-4-6-12/h2-8,10,15-16H,9H2,1H3,(H,22,23,26). The largest absolute Gasteiger partial charge is 0.473 e. The molecule has 2 aromatic heterocycles. The maximum atomic E-state index is 12.6. The molecule has 28 heavy (non-hydrogen) atoms. The zero-order chi connectivity index (χ0) is 19.5. The smallest absolute Gasteiger partial charge is 0.254 e. The van der Waals surface area contributed by atoms with E-state index < -0.39 is 12.1 Å². The van der Waals surface area contributed by atoms with Gasteiger partial charge in [-0.3, -0.25) is 9.59 Å². The molecule has 3 aromatic rings. The first-order valence-corrected chi connectivity index (χ1v) is 9.30. The molecule has 0 spiro atoms. The van der Waals surface area contributed by atoms with E-state index in [1.165, 1.54) is 35.7 Å². The highest BCUT2D eigenvalue weighted by Crippen LogP contribution is 2.27. The van der Waals surface area contributed by atoms with Crippen molar-refractivity contribution in [2.45, 2.75) is 25.6 Å². The van der Waals surface area contributed by atoms with Crippen LogP contribution in [0.4, 0.5) is 5.82 Å². The molecule has 3 heterocycles. The number of carbonyl (C=O) groups excluding carboxylic acids is 2. The fraction of sp³-hybridized carbons (Fsp3) is 0.222. The molecule has 1 N–H and O–H groups in total. The van der Waals surface area contributed by atoms with Crippen LogP contribution in [0.3, 0.4) is 0 Å². The third kappa shape index (κ3) is 3.81. The first kappa shape index (κ1) is 18.0. The van der Waals surface area contributed by atoms with E-state index in [0.29, 0.717) is 17.4 Å². The van der Waals surface area contributed by atoms with Crippen LogP contribution >= 0.6 is 11.3 Å². The highest BCUT2D eigenvalue weighted by molar-refractivity contribution is 7.13. The normalized spacial score (nSPS) is 18.0. The molecule has 0 saturated carbocycles. The van der Waals surface area contributed by atoms with E-state index in [1.54, 1.807) is 6.20 Å². The number of nitrogens with one attached hydrogen (secondary N) is 1. The molecule has 0 bridgehead atoms. The molecule has 9 nitrogen and oxygen atoms in total. The SMILES string of the molecule is CC(=O)c1ncc(Cn2ncc(NC(=O)C3N=COC3c3ccccc3)n2)s1. The zero-order valence-electron chi connectivity index (χ0n) is 14.8. The van der Waals surface area contributed by atoms with E-state index in [9.17, 15) is 9.59 Å². The molecule has 0 fully saturated rings. The number of amides is 1. The Morgan fingerprint density at radius 2 is 2.07 bits per heavy atom. The van der Waals surface area contributed by atoms with Crippen LogP contribution in [0.5, 0.6) is 0 Å². The Morgan fingerprint density at radius 3 is 2.82 bits per heavy atom. The lowest BCUT2D eigenvalue weighted by molar-refractivity contribution is -0.118. The molecular formula is C18H16N6O3S. The number of anilines is 1. The van der Waals surface area contributed by atoms with Crippen molar-refractivity contribution in [3.63, 3.8) is 0 Å². The number of ketones is 1. The van der Waals surface area contributed by atoms with Crippen molar-refractivity contribution in [2.75, 3.05) is 5.32 Å². The molecule has 0 saturated heterocycles. The molecule has 10 heteroatoms. The first-order valence-electron chi connectivity index (χ1n) is 8.49. The van der Waals surface area contributed by atoms with Crippen molar-refractivity contribution in [1.29, 1.82) is 0 Å². The van der Waals surface area contributed by atoms with E-state index >= 15 is 0 Å². The van der Waals surface area contributed by atoms with Gasteiger partial charge in [0.1, 0.15) is 0 Å². The van der Waals surface area contributed by atoms with Crippen LogP contribution in [0.25, 0.3) is 0 Å². The number of benzene rings is 1. The van der Waals surface area contributed by atoms with Crippen molar-refractivity contribution in [3.05, 3.63) is 58.2 Å². The maximum Gasteiger partial charge on any atom is 0.254 e. The predicted octanol–water partition coefficient (Wildman–Crippen LogP) is 2.09. The number of rotatable bonds is 6. The Balaban J connectivity index is 1.41. The number of nitrogens with zero attached hydrogens (tertiary/aromatic N) is 5. The topological polar surface area (TPSA) is 111 Å². The summed E-state index contributed by atoms with van der Waals surface area (Å²) in [4.78, 5) is 34.4. The van der Waals surface area contributed by atoms with Gasteiger partial charge in [-0.2, -0.15) is 9.90 Å². The van der Waals surface area contributed by atoms with E-state index in [-0.39, 0.29) is 11.7 Å². The second kappa shape index (κ2) is 7.69. The van der Waals surface area contributed by atoms with Gasteiger partial charge in [0.15, 0.2) is 35.2 Å². The molecular weight excluding hydrogens is 380 g/mol. The minimum absolute atomic E-state index is 0.0788. The van der Waals surface area contributed by atoms with Gasteiger partial charge in [0, 0.05) is 18.0 Å². The van der Waals surface area contributed by atoms with Crippen LogP contribution in [-0.4, -0.2) is 44.1 Å². The maximum absolute atomic E-state index is 12.6. The summed E-state index contributed by atoms with van der Waals surface area (Å²) < 4.78 is 5.49. The van der Waals surface area contributed by atoms with Gasteiger partial charge in [-0.05, 0) is 5.56 Å². The minimum Gasteiger partial charge on any atom is -0.473 e. The van der Waals surface area contributed by atoms with Crippen molar-refractivity contribution in [3.8, 4) is 0 Å². The average Bonchev–Trinajstić information content (AvgIpc) is 3.43. The summed E-state index contributed by atoms with van der Waals surface area (Å²) in [5.74, 6) is -0.0912. The summed E-state index contributed by atoms with van der Waals surface area (Å²) >= 11 is 1.29. The van der Waals surface area contributed by atoms with Crippen LogP contribution in [0.1, 0.15) is 33.3 Å². The van der Waals surface area contributed by atoms with E-state index in [4.69, 9.17) is 4.74 Å². The summed E-state index contributed by atoms with van der Waals surface area (Å²) in [5, 5.41) is 11.5. The molecule has 1 aliphatic rings. The predicted molar refractivity (Wildman–Crippen MR) is 102 cm³/mol. The second-order valence-corrected chi connectivity index (χ2v) is 7.22. The van der Waals surface area contributed by atoms with Gasteiger partial charge in [-0.25, -0.2) is 9.98 Å². The third-order valence-electron chi connectivity index (χ3n) is 4.05. The minimum atomic E-state index is -0.702.